The molecule has 3 nitrogen and oxygen atoms in total. The second kappa shape index (κ2) is 2.09. The highest BCUT2D eigenvalue weighted by Crippen LogP contribution is 2.26. The minimum atomic E-state index is -0.300. The summed E-state index contributed by atoms with van der Waals surface area (Å²) in [5, 5.41) is 16.1. The van der Waals surface area contributed by atoms with Gasteiger partial charge in [-0.15, -0.1) is 0 Å². The average molecular weight is 138 g/mol. The van der Waals surface area contributed by atoms with Gasteiger partial charge in [-0.2, -0.15) is 5.10 Å². The zero-order chi connectivity index (χ0) is 6.97. The number of H-pyrrole nitrogens is 1. The fourth-order valence-corrected chi connectivity index (χ4v) is 1.44. The number of hydrogen-bond donors (Lipinski definition) is 2. The molecule has 1 atom stereocenters. The molecule has 0 saturated heterocycles. The van der Waals surface area contributed by atoms with Crippen LogP contribution in [0.4, 0.5) is 0 Å². The molecule has 10 heavy (non-hydrogen) atoms. The Bertz CT molecular complexity index is 231. The van der Waals surface area contributed by atoms with E-state index < -0.39 is 0 Å². The molecule has 0 bridgehead atoms. The smallest absolute Gasteiger partial charge is 0.0957 e. The van der Waals surface area contributed by atoms with Crippen molar-refractivity contribution in [2.75, 3.05) is 0 Å². The number of rotatable bonds is 0. The fraction of sp³-hybridized carbons (Fsp3) is 0.571. The van der Waals surface area contributed by atoms with Crippen molar-refractivity contribution in [3.05, 3.63) is 17.5 Å². The fourth-order valence-electron chi connectivity index (χ4n) is 1.44. The number of nitrogens with zero attached hydrogens (tertiary/aromatic N) is 1. The van der Waals surface area contributed by atoms with E-state index in [9.17, 15) is 5.11 Å². The molecular formula is C7H10N2O. The lowest BCUT2D eigenvalue weighted by Crippen LogP contribution is -2.07. The van der Waals surface area contributed by atoms with Crippen LogP contribution in [0.2, 0.25) is 0 Å². The third-order valence-corrected chi connectivity index (χ3v) is 2.01. The van der Waals surface area contributed by atoms with Gasteiger partial charge in [-0.1, -0.05) is 0 Å². The highest BCUT2D eigenvalue weighted by atomic mass is 16.3. The van der Waals surface area contributed by atoms with E-state index in [-0.39, 0.29) is 6.10 Å². The molecule has 0 unspecified atom stereocenters. The van der Waals surface area contributed by atoms with Crippen LogP contribution in [0.25, 0.3) is 0 Å². The molecular weight excluding hydrogens is 128 g/mol. The van der Waals surface area contributed by atoms with E-state index in [1.807, 2.05) is 0 Å². The van der Waals surface area contributed by atoms with E-state index in [1.165, 1.54) is 5.56 Å². The van der Waals surface area contributed by atoms with Gasteiger partial charge in [0.05, 0.1) is 18.0 Å². The van der Waals surface area contributed by atoms with Gasteiger partial charge in [-0.3, -0.25) is 5.10 Å². The van der Waals surface area contributed by atoms with Crippen LogP contribution in [-0.2, 0) is 6.42 Å². The topological polar surface area (TPSA) is 48.9 Å². The first kappa shape index (κ1) is 5.92. The van der Waals surface area contributed by atoms with E-state index in [0.717, 1.165) is 25.0 Å². The molecule has 2 rings (SSSR count). The summed E-state index contributed by atoms with van der Waals surface area (Å²) < 4.78 is 0. The predicted octanol–water partition coefficient (Wildman–Crippen LogP) is 0.779. The summed E-state index contributed by atoms with van der Waals surface area (Å²) in [5.41, 5.74) is 2.10. The molecule has 0 amide bonds. The van der Waals surface area contributed by atoms with Gasteiger partial charge in [0.2, 0.25) is 0 Å². The van der Waals surface area contributed by atoms with Crippen LogP contribution in [0, 0.1) is 0 Å². The Morgan fingerprint density at radius 1 is 1.70 bits per heavy atom. The van der Waals surface area contributed by atoms with Crippen LogP contribution in [0.15, 0.2) is 6.20 Å². The van der Waals surface area contributed by atoms with Crippen LogP contribution >= 0.6 is 0 Å². The molecule has 0 saturated carbocycles. The average Bonchev–Trinajstić information content (AvgIpc) is 2.36. The Morgan fingerprint density at radius 2 is 2.60 bits per heavy atom. The molecule has 1 heterocycles. The monoisotopic (exact) mass is 138 g/mol. The largest absolute Gasteiger partial charge is 0.387 e. The van der Waals surface area contributed by atoms with Gasteiger partial charge in [0.1, 0.15) is 0 Å². The van der Waals surface area contributed by atoms with E-state index >= 15 is 0 Å². The van der Waals surface area contributed by atoms with Crippen molar-refractivity contribution in [3.8, 4) is 0 Å². The minimum Gasteiger partial charge on any atom is -0.387 e. The number of aliphatic hydroxyl groups is 1. The maximum atomic E-state index is 9.38. The molecule has 0 aliphatic heterocycles. The Morgan fingerprint density at radius 3 is 3.40 bits per heavy atom. The molecule has 0 aromatic carbocycles. The molecule has 1 aliphatic rings. The number of hydrogen-bond acceptors (Lipinski definition) is 2. The Kier molecular flexibility index (Phi) is 1.24. The van der Waals surface area contributed by atoms with Gasteiger partial charge < -0.3 is 5.11 Å². The van der Waals surface area contributed by atoms with Crippen molar-refractivity contribution in [1.82, 2.24) is 10.2 Å². The van der Waals surface area contributed by atoms with Gasteiger partial charge in [0, 0.05) is 0 Å². The summed E-state index contributed by atoms with van der Waals surface area (Å²) >= 11 is 0. The van der Waals surface area contributed by atoms with Crippen LogP contribution in [0.3, 0.4) is 0 Å². The van der Waals surface area contributed by atoms with Crippen LogP contribution in [-0.4, -0.2) is 15.3 Å². The second-order valence-corrected chi connectivity index (χ2v) is 2.72. The van der Waals surface area contributed by atoms with E-state index in [2.05, 4.69) is 10.2 Å². The first-order valence-electron chi connectivity index (χ1n) is 3.58. The van der Waals surface area contributed by atoms with Crippen LogP contribution < -0.4 is 0 Å². The number of aromatic nitrogens is 2. The predicted molar refractivity (Wildman–Crippen MR) is 36.5 cm³/mol. The van der Waals surface area contributed by atoms with Crippen LogP contribution in [0.5, 0.6) is 0 Å². The first-order valence-corrected chi connectivity index (χ1v) is 3.58. The number of nitrogens with one attached hydrogen (secondary N) is 1. The van der Waals surface area contributed by atoms with Crippen molar-refractivity contribution in [1.29, 1.82) is 0 Å². The number of fused-ring (bicyclic) bond motifs is 1. The molecule has 1 aromatic heterocycles. The van der Waals surface area contributed by atoms with E-state index in [1.54, 1.807) is 6.20 Å². The van der Waals surface area contributed by atoms with Crippen molar-refractivity contribution in [2.24, 2.45) is 0 Å². The summed E-state index contributed by atoms with van der Waals surface area (Å²) in [6.07, 6.45) is 4.51. The maximum Gasteiger partial charge on any atom is 0.0957 e. The molecule has 2 N–H and O–H groups in total. The maximum absolute atomic E-state index is 9.38. The Hall–Kier alpha value is -0.830. The Labute approximate surface area is 59.1 Å². The van der Waals surface area contributed by atoms with Crippen molar-refractivity contribution >= 4 is 0 Å². The van der Waals surface area contributed by atoms with Crippen molar-refractivity contribution in [2.45, 2.75) is 25.4 Å². The van der Waals surface area contributed by atoms with E-state index in [4.69, 9.17) is 0 Å². The number of aromatic amines is 1. The summed E-state index contributed by atoms with van der Waals surface area (Å²) in [5.74, 6) is 0. The quantitative estimate of drug-likeness (QED) is 0.556. The highest BCUT2D eigenvalue weighted by molar-refractivity contribution is 5.21. The lowest BCUT2D eigenvalue weighted by Gasteiger charge is -2.15. The molecule has 0 spiro atoms. The highest BCUT2D eigenvalue weighted by Gasteiger charge is 2.18. The zero-order valence-corrected chi connectivity index (χ0v) is 5.67. The molecule has 54 valence electrons. The van der Waals surface area contributed by atoms with Gasteiger partial charge in [0.15, 0.2) is 0 Å². The number of aryl methyl sites for hydroxylation is 1. The van der Waals surface area contributed by atoms with Crippen LogP contribution in [0.1, 0.15) is 30.2 Å². The third-order valence-electron chi connectivity index (χ3n) is 2.01. The minimum absolute atomic E-state index is 0.300. The van der Waals surface area contributed by atoms with Crippen molar-refractivity contribution in [3.63, 3.8) is 0 Å². The lowest BCUT2D eigenvalue weighted by atomic mass is 9.96. The summed E-state index contributed by atoms with van der Waals surface area (Å²) in [7, 11) is 0. The second-order valence-electron chi connectivity index (χ2n) is 2.72. The van der Waals surface area contributed by atoms with Gasteiger partial charge in [0.25, 0.3) is 0 Å². The summed E-state index contributed by atoms with van der Waals surface area (Å²) in [6.45, 7) is 0. The number of aliphatic hydroxyl groups excluding tert-OH is 1. The van der Waals surface area contributed by atoms with Gasteiger partial charge in [-0.05, 0) is 24.8 Å². The standard InChI is InChI=1S/C7H10N2O/c10-6-3-1-2-5-4-8-9-7(5)6/h4,6,10H,1-3H2,(H,8,9)/t6-/m0/s1. The van der Waals surface area contributed by atoms with E-state index in [0.29, 0.717) is 0 Å². The summed E-state index contributed by atoms with van der Waals surface area (Å²) in [4.78, 5) is 0. The first-order chi connectivity index (χ1) is 4.88. The third kappa shape index (κ3) is 0.743. The summed E-state index contributed by atoms with van der Waals surface area (Å²) in [6, 6.07) is 0. The SMILES string of the molecule is O[C@H]1CCCc2cn[nH]c21. The molecule has 0 radical (unpaired) electrons. The molecule has 1 aliphatic carbocycles. The zero-order valence-electron chi connectivity index (χ0n) is 5.67. The lowest BCUT2D eigenvalue weighted by molar-refractivity contribution is 0.152. The molecule has 3 heteroatoms. The normalized spacial score (nSPS) is 24.3. The van der Waals surface area contributed by atoms with Crippen molar-refractivity contribution < 1.29 is 5.11 Å². The van der Waals surface area contributed by atoms with Gasteiger partial charge >= 0.3 is 0 Å². The van der Waals surface area contributed by atoms with Gasteiger partial charge in [-0.25, -0.2) is 0 Å². The Balaban J connectivity index is 2.41. The molecule has 0 fully saturated rings. The molecule has 1 aromatic rings.